The third-order valence-corrected chi connectivity index (χ3v) is 9.66. The van der Waals surface area contributed by atoms with Crippen LogP contribution in [0.2, 0.25) is 0 Å². The van der Waals surface area contributed by atoms with Gasteiger partial charge >= 0.3 is 0 Å². The molecule has 3 heteroatoms. The molecule has 0 aromatic rings. The molecule has 1 aliphatic rings. The van der Waals surface area contributed by atoms with E-state index in [9.17, 15) is 0 Å². The number of nitrogens with zero attached hydrogens (tertiary/aromatic N) is 3. The Morgan fingerprint density at radius 2 is 0.750 bits per heavy atom. The first-order chi connectivity index (χ1) is 19.7. The minimum Gasteiger partial charge on any atom is -0.306 e. The number of unbranched alkanes of at least 4 members (excludes halogenated alkanes) is 18. The quantitative estimate of drug-likeness (QED) is 0.0805. The van der Waals surface area contributed by atoms with Gasteiger partial charge in [-0.15, -0.1) is 0 Å². The monoisotopic (exact) mass is 564 g/mol. The number of rotatable bonds is 30. The van der Waals surface area contributed by atoms with Gasteiger partial charge in [0.25, 0.3) is 0 Å². The van der Waals surface area contributed by atoms with Crippen LogP contribution in [0.5, 0.6) is 0 Å². The molecule has 1 heterocycles. The summed E-state index contributed by atoms with van der Waals surface area (Å²) in [6.45, 7) is 17.6. The van der Waals surface area contributed by atoms with E-state index in [0.29, 0.717) is 0 Å². The second kappa shape index (κ2) is 29.0. The summed E-state index contributed by atoms with van der Waals surface area (Å²) in [5.74, 6) is 0.962. The summed E-state index contributed by atoms with van der Waals surface area (Å²) in [6, 6.07) is 0. The lowest BCUT2D eigenvalue weighted by atomic mass is 9.93. The minimum atomic E-state index is 0.962. The van der Waals surface area contributed by atoms with E-state index in [0.717, 1.165) is 5.92 Å². The first-order valence-electron chi connectivity index (χ1n) is 18.8. The molecule has 0 unspecified atom stereocenters. The van der Waals surface area contributed by atoms with E-state index in [1.54, 1.807) is 0 Å². The van der Waals surface area contributed by atoms with Gasteiger partial charge < -0.3 is 14.7 Å². The number of hydrogen-bond donors (Lipinski definition) is 0. The molecule has 0 amide bonds. The Kier molecular flexibility index (Phi) is 27.5. The molecule has 1 fully saturated rings. The molecule has 0 bridgehead atoms. The lowest BCUT2D eigenvalue weighted by Crippen LogP contribution is -2.38. The SMILES string of the molecule is CCCCCCCCCN(CCCCCCCCC)CCN(CCCCCCCCC)CCC1CCN(C)CC1. The van der Waals surface area contributed by atoms with Gasteiger partial charge in [0, 0.05) is 13.1 Å². The van der Waals surface area contributed by atoms with E-state index in [-0.39, 0.29) is 0 Å². The Morgan fingerprint density at radius 3 is 1.12 bits per heavy atom. The summed E-state index contributed by atoms with van der Waals surface area (Å²) in [7, 11) is 2.30. The summed E-state index contributed by atoms with van der Waals surface area (Å²) >= 11 is 0. The highest BCUT2D eigenvalue weighted by Crippen LogP contribution is 2.20. The van der Waals surface area contributed by atoms with Crippen molar-refractivity contribution in [1.82, 2.24) is 14.7 Å². The van der Waals surface area contributed by atoms with Gasteiger partial charge in [0.05, 0.1) is 0 Å². The van der Waals surface area contributed by atoms with Crippen molar-refractivity contribution in [2.75, 3.05) is 59.4 Å². The maximum absolute atomic E-state index is 2.88. The van der Waals surface area contributed by atoms with E-state index >= 15 is 0 Å². The molecular weight excluding hydrogens is 486 g/mol. The third kappa shape index (κ3) is 23.4. The fraction of sp³-hybridized carbons (Fsp3) is 1.00. The van der Waals surface area contributed by atoms with Crippen LogP contribution in [-0.4, -0.2) is 74.1 Å². The topological polar surface area (TPSA) is 9.72 Å². The van der Waals surface area contributed by atoms with Crippen LogP contribution in [0, 0.1) is 5.92 Å². The summed E-state index contributed by atoms with van der Waals surface area (Å²) in [5, 5.41) is 0. The maximum Gasteiger partial charge on any atom is 0.0109 e. The predicted molar refractivity (Wildman–Crippen MR) is 182 cm³/mol. The molecule has 1 rings (SSSR count). The van der Waals surface area contributed by atoms with Crippen LogP contribution < -0.4 is 0 Å². The predicted octanol–water partition coefficient (Wildman–Crippen LogP) is 10.6. The zero-order valence-corrected chi connectivity index (χ0v) is 28.5. The van der Waals surface area contributed by atoms with Gasteiger partial charge in [-0.3, -0.25) is 0 Å². The van der Waals surface area contributed by atoms with Crippen molar-refractivity contribution < 1.29 is 0 Å². The summed E-state index contributed by atoms with van der Waals surface area (Å²) in [5.41, 5.74) is 0. The largest absolute Gasteiger partial charge is 0.306 e. The Hall–Kier alpha value is -0.120. The molecule has 40 heavy (non-hydrogen) atoms. The highest BCUT2D eigenvalue weighted by molar-refractivity contribution is 4.73. The van der Waals surface area contributed by atoms with Crippen LogP contribution in [0.25, 0.3) is 0 Å². The standard InChI is InChI=1S/C37H77N3/c1-5-8-11-14-17-20-23-29-39(30-24-21-18-15-12-9-6-2)35-36-40(31-25-22-19-16-13-10-7-3)34-28-37-26-32-38(4)33-27-37/h37H,5-36H2,1-4H3. The molecule has 0 spiro atoms. The zero-order chi connectivity index (χ0) is 28.9. The molecule has 240 valence electrons. The third-order valence-electron chi connectivity index (χ3n) is 9.66. The molecular formula is C37H77N3. The zero-order valence-electron chi connectivity index (χ0n) is 28.5. The first kappa shape index (κ1) is 37.9. The molecule has 0 radical (unpaired) electrons. The average Bonchev–Trinajstić information content (AvgIpc) is 2.97. The molecule has 0 aliphatic carbocycles. The summed E-state index contributed by atoms with van der Waals surface area (Å²) < 4.78 is 0. The Balaban J connectivity index is 2.48. The van der Waals surface area contributed by atoms with Gasteiger partial charge in [-0.2, -0.15) is 0 Å². The Morgan fingerprint density at radius 1 is 0.425 bits per heavy atom. The highest BCUT2D eigenvalue weighted by Gasteiger charge is 2.18. The van der Waals surface area contributed by atoms with Crippen molar-refractivity contribution in [1.29, 1.82) is 0 Å². The molecule has 0 N–H and O–H groups in total. The van der Waals surface area contributed by atoms with Crippen molar-refractivity contribution >= 4 is 0 Å². The van der Waals surface area contributed by atoms with Crippen LogP contribution in [0.1, 0.15) is 175 Å². The molecule has 0 saturated carbocycles. The van der Waals surface area contributed by atoms with Gasteiger partial charge in [-0.1, -0.05) is 136 Å². The van der Waals surface area contributed by atoms with Crippen LogP contribution >= 0.6 is 0 Å². The number of piperidine rings is 1. The lowest BCUT2D eigenvalue weighted by molar-refractivity contribution is 0.166. The van der Waals surface area contributed by atoms with Crippen LogP contribution in [0.15, 0.2) is 0 Å². The second-order valence-electron chi connectivity index (χ2n) is 13.6. The molecule has 1 aliphatic heterocycles. The van der Waals surface area contributed by atoms with Crippen LogP contribution in [0.4, 0.5) is 0 Å². The Bertz CT molecular complexity index is 470. The van der Waals surface area contributed by atoms with E-state index < -0.39 is 0 Å². The first-order valence-corrected chi connectivity index (χ1v) is 18.8. The van der Waals surface area contributed by atoms with Crippen molar-refractivity contribution in [2.24, 2.45) is 5.92 Å². The molecule has 3 nitrogen and oxygen atoms in total. The van der Waals surface area contributed by atoms with Crippen molar-refractivity contribution in [2.45, 2.75) is 175 Å². The highest BCUT2D eigenvalue weighted by atomic mass is 15.2. The van der Waals surface area contributed by atoms with Gasteiger partial charge in [-0.05, 0) is 90.8 Å². The fourth-order valence-corrected chi connectivity index (χ4v) is 6.55. The van der Waals surface area contributed by atoms with Gasteiger partial charge in [-0.25, -0.2) is 0 Å². The molecule has 0 aromatic heterocycles. The Labute approximate surface area is 254 Å². The average molecular weight is 564 g/mol. The van der Waals surface area contributed by atoms with E-state index in [1.165, 1.54) is 206 Å². The lowest BCUT2D eigenvalue weighted by Gasteiger charge is -2.32. The van der Waals surface area contributed by atoms with Gasteiger partial charge in [0.2, 0.25) is 0 Å². The maximum atomic E-state index is 2.88. The smallest absolute Gasteiger partial charge is 0.0109 e. The normalized spacial score (nSPS) is 15.2. The molecule has 0 atom stereocenters. The molecule has 0 aromatic carbocycles. The van der Waals surface area contributed by atoms with E-state index in [4.69, 9.17) is 0 Å². The van der Waals surface area contributed by atoms with Crippen molar-refractivity contribution in [3.05, 3.63) is 0 Å². The molecule has 1 saturated heterocycles. The summed E-state index contributed by atoms with van der Waals surface area (Å²) in [6.07, 6.45) is 34.2. The fourth-order valence-electron chi connectivity index (χ4n) is 6.55. The van der Waals surface area contributed by atoms with Crippen LogP contribution in [0.3, 0.4) is 0 Å². The number of likely N-dealkylation sites (tertiary alicyclic amines) is 1. The van der Waals surface area contributed by atoms with Crippen LogP contribution in [-0.2, 0) is 0 Å². The van der Waals surface area contributed by atoms with E-state index in [1.807, 2.05) is 0 Å². The van der Waals surface area contributed by atoms with Crippen molar-refractivity contribution in [3.8, 4) is 0 Å². The second-order valence-corrected chi connectivity index (χ2v) is 13.6. The van der Waals surface area contributed by atoms with Gasteiger partial charge in [0.15, 0.2) is 0 Å². The van der Waals surface area contributed by atoms with E-state index in [2.05, 4.69) is 42.5 Å². The van der Waals surface area contributed by atoms with Gasteiger partial charge in [0.1, 0.15) is 0 Å². The summed E-state index contributed by atoms with van der Waals surface area (Å²) in [4.78, 5) is 8.27. The van der Waals surface area contributed by atoms with Crippen molar-refractivity contribution in [3.63, 3.8) is 0 Å². The minimum absolute atomic E-state index is 0.962. The number of hydrogen-bond acceptors (Lipinski definition) is 3.